The predicted octanol–water partition coefficient (Wildman–Crippen LogP) is 3.98. The summed E-state index contributed by atoms with van der Waals surface area (Å²) in [5, 5.41) is 14.8. The van der Waals surface area contributed by atoms with Crippen LogP contribution in [-0.2, 0) is 9.53 Å². The monoisotopic (exact) mass is 599 g/mol. The Morgan fingerprint density at radius 2 is 1.77 bits per heavy atom. The first-order chi connectivity index (χ1) is 20.8. The molecule has 1 aliphatic heterocycles. The number of halogens is 2. The summed E-state index contributed by atoms with van der Waals surface area (Å²) in [5.74, 6) is 0.196. The first-order valence-corrected chi connectivity index (χ1v) is 14.8. The first-order valence-electron chi connectivity index (χ1n) is 14.8. The molecule has 0 radical (unpaired) electrons. The van der Waals surface area contributed by atoms with Crippen molar-refractivity contribution in [3.05, 3.63) is 36.2 Å². The number of morpholine rings is 1. The van der Waals surface area contributed by atoms with Crippen LogP contribution in [-0.4, -0.2) is 80.6 Å². The van der Waals surface area contributed by atoms with E-state index < -0.39 is 23.9 Å². The van der Waals surface area contributed by atoms with Gasteiger partial charge in [-0.25, -0.2) is 18.6 Å². The maximum Gasteiger partial charge on any atom is 0.405 e. The van der Waals surface area contributed by atoms with Crippen molar-refractivity contribution < 1.29 is 33.0 Å². The molecule has 0 unspecified atom stereocenters. The molecule has 6 rings (SSSR count). The molecule has 3 N–H and O–H groups in total. The van der Waals surface area contributed by atoms with E-state index in [2.05, 4.69) is 25.6 Å². The number of rotatable bonds is 8. The molecule has 1 saturated heterocycles. The molecule has 12 nitrogen and oxygen atoms in total. The number of alkyl halides is 2. The Kier molecular flexibility index (Phi) is 8.28. The minimum atomic E-state index is -2.82. The SMILES string of the molecule is O=C(O)NC1(C(=O)N[C@H]2CC[C@H](Oc3cc(-n4c(C(F)F)nc5ccccc54)nc(N4CCOCC4)n3)CC2)CCCC1. The molecule has 1 aromatic carbocycles. The summed E-state index contributed by atoms with van der Waals surface area (Å²) in [6.45, 7) is 2.11. The maximum absolute atomic E-state index is 14.1. The lowest BCUT2D eigenvalue weighted by Crippen LogP contribution is -2.59. The summed E-state index contributed by atoms with van der Waals surface area (Å²) in [7, 11) is 0. The van der Waals surface area contributed by atoms with Crippen molar-refractivity contribution in [3.63, 3.8) is 0 Å². The van der Waals surface area contributed by atoms with Gasteiger partial charge in [-0.3, -0.25) is 9.36 Å². The van der Waals surface area contributed by atoms with Crippen molar-refractivity contribution >= 4 is 29.0 Å². The highest BCUT2D eigenvalue weighted by molar-refractivity contribution is 5.90. The van der Waals surface area contributed by atoms with Crippen molar-refractivity contribution in [2.24, 2.45) is 0 Å². The Balaban J connectivity index is 1.20. The summed E-state index contributed by atoms with van der Waals surface area (Å²) in [4.78, 5) is 39.9. The number of benzene rings is 1. The van der Waals surface area contributed by atoms with E-state index in [1.54, 1.807) is 30.3 Å². The van der Waals surface area contributed by atoms with Gasteiger partial charge in [0.2, 0.25) is 17.7 Å². The Hall–Kier alpha value is -4.07. The summed E-state index contributed by atoms with van der Waals surface area (Å²) in [6.07, 6.45) is 0.919. The molecule has 2 saturated carbocycles. The number of ether oxygens (including phenoxy) is 2. The van der Waals surface area contributed by atoms with Crippen molar-refractivity contribution in [1.29, 1.82) is 0 Å². The highest BCUT2D eigenvalue weighted by Crippen LogP contribution is 2.33. The van der Waals surface area contributed by atoms with E-state index >= 15 is 0 Å². The standard InChI is InChI=1S/C29H35F2N7O5/c30-24(31)25-33-20-5-1-2-6-21(20)38(25)22-17-23(35-27(34-22)37-13-15-42-16-14-37)43-19-9-7-18(8-10-19)32-26(39)29(36-28(40)41)11-3-4-12-29/h1-2,5-6,17-19,24,36H,3-4,7-16H2,(H,32,39)(H,40,41)/t18-,19-. The van der Waals surface area contributed by atoms with Crippen LogP contribution in [0.4, 0.5) is 19.5 Å². The van der Waals surface area contributed by atoms with Gasteiger partial charge in [-0.2, -0.15) is 9.97 Å². The van der Waals surface area contributed by atoms with Crippen LogP contribution in [0.3, 0.4) is 0 Å². The molecule has 0 bridgehead atoms. The third-order valence-corrected chi connectivity index (χ3v) is 8.52. The minimum Gasteiger partial charge on any atom is -0.474 e. The zero-order chi connectivity index (χ0) is 30.0. The molecule has 3 aromatic rings. The van der Waals surface area contributed by atoms with Gasteiger partial charge in [0.1, 0.15) is 17.5 Å². The number of nitrogens with zero attached hydrogens (tertiary/aromatic N) is 5. The number of imidazole rings is 1. The first kappa shape index (κ1) is 29.0. The number of aromatic nitrogens is 4. The van der Waals surface area contributed by atoms with Gasteiger partial charge in [-0.15, -0.1) is 0 Å². The molecule has 3 aliphatic rings. The van der Waals surface area contributed by atoms with Crippen LogP contribution in [0.2, 0.25) is 0 Å². The number of carboxylic acid groups (broad SMARTS) is 1. The molecule has 2 aliphatic carbocycles. The molecule has 3 heterocycles. The second-order valence-electron chi connectivity index (χ2n) is 11.3. The van der Waals surface area contributed by atoms with Crippen LogP contribution in [0.25, 0.3) is 16.9 Å². The molecule has 0 spiro atoms. The molecule has 230 valence electrons. The lowest BCUT2D eigenvalue weighted by Gasteiger charge is -2.33. The van der Waals surface area contributed by atoms with E-state index in [1.807, 2.05) is 4.90 Å². The van der Waals surface area contributed by atoms with E-state index in [0.717, 1.165) is 12.8 Å². The van der Waals surface area contributed by atoms with Gasteiger partial charge < -0.3 is 30.1 Å². The normalized spacial score (nSPS) is 22.1. The smallest absolute Gasteiger partial charge is 0.405 e. The second-order valence-corrected chi connectivity index (χ2v) is 11.3. The van der Waals surface area contributed by atoms with E-state index in [9.17, 15) is 23.5 Å². The van der Waals surface area contributed by atoms with Crippen LogP contribution in [0, 0.1) is 0 Å². The second kappa shape index (κ2) is 12.3. The fourth-order valence-electron chi connectivity index (χ4n) is 6.32. The highest BCUT2D eigenvalue weighted by atomic mass is 19.3. The van der Waals surface area contributed by atoms with Crippen molar-refractivity contribution in [2.75, 3.05) is 31.2 Å². The van der Waals surface area contributed by atoms with Gasteiger partial charge in [-0.05, 0) is 50.7 Å². The molecule has 14 heteroatoms. The number of anilines is 1. The average Bonchev–Trinajstić information content (AvgIpc) is 3.64. The summed E-state index contributed by atoms with van der Waals surface area (Å²) < 4.78 is 41.4. The molecule has 2 aromatic heterocycles. The quantitative estimate of drug-likeness (QED) is 0.350. The van der Waals surface area contributed by atoms with Crippen LogP contribution in [0.15, 0.2) is 30.3 Å². The zero-order valence-corrected chi connectivity index (χ0v) is 23.7. The summed E-state index contributed by atoms with van der Waals surface area (Å²) in [6, 6.07) is 8.39. The van der Waals surface area contributed by atoms with Crippen molar-refractivity contribution in [1.82, 2.24) is 30.2 Å². The average molecular weight is 600 g/mol. The molecule has 0 atom stereocenters. The highest BCUT2D eigenvalue weighted by Gasteiger charge is 2.43. The van der Waals surface area contributed by atoms with Crippen molar-refractivity contribution in [3.8, 4) is 11.7 Å². The fraction of sp³-hybridized carbons (Fsp3) is 0.552. The van der Waals surface area contributed by atoms with Gasteiger partial charge in [0.25, 0.3) is 6.43 Å². The lowest BCUT2D eigenvalue weighted by atomic mass is 9.90. The minimum absolute atomic E-state index is 0.101. The number of hydrogen-bond acceptors (Lipinski definition) is 8. The molecular formula is C29H35F2N7O5. The zero-order valence-electron chi connectivity index (χ0n) is 23.7. The number of para-hydroxylation sites is 2. The van der Waals surface area contributed by atoms with Gasteiger partial charge in [-0.1, -0.05) is 25.0 Å². The van der Waals surface area contributed by atoms with E-state index in [1.165, 1.54) is 4.57 Å². The largest absolute Gasteiger partial charge is 0.474 e. The summed E-state index contributed by atoms with van der Waals surface area (Å²) in [5.41, 5.74) is -0.129. The predicted molar refractivity (Wildman–Crippen MR) is 152 cm³/mol. The van der Waals surface area contributed by atoms with Gasteiger partial charge in [0.15, 0.2) is 5.82 Å². The van der Waals surface area contributed by atoms with E-state index in [4.69, 9.17) is 9.47 Å². The van der Waals surface area contributed by atoms with Crippen molar-refractivity contribution in [2.45, 2.75) is 75.5 Å². The number of fused-ring (bicyclic) bond motifs is 1. The Morgan fingerprint density at radius 3 is 2.47 bits per heavy atom. The Morgan fingerprint density at radius 1 is 1.05 bits per heavy atom. The summed E-state index contributed by atoms with van der Waals surface area (Å²) >= 11 is 0. The molecule has 43 heavy (non-hydrogen) atoms. The number of nitrogens with one attached hydrogen (secondary N) is 2. The maximum atomic E-state index is 14.1. The van der Waals surface area contributed by atoms with E-state index in [-0.39, 0.29) is 29.8 Å². The van der Waals surface area contributed by atoms with Crippen LogP contribution in [0.1, 0.15) is 63.6 Å². The molecule has 2 amide bonds. The molecule has 3 fully saturated rings. The lowest BCUT2D eigenvalue weighted by molar-refractivity contribution is -0.128. The molecular weight excluding hydrogens is 564 g/mol. The number of carbonyl (C=O) groups is 2. The number of carbonyl (C=O) groups excluding carboxylic acids is 1. The fourth-order valence-corrected chi connectivity index (χ4v) is 6.32. The van der Waals surface area contributed by atoms with Crippen LogP contribution < -0.4 is 20.3 Å². The van der Waals surface area contributed by atoms with Gasteiger partial charge >= 0.3 is 6.09 Å². The van der Waals surface area contributed by atoms with Crippen LogP contribution in [0.5, 0.6) is 5.88 Å². The third kappa shape index (κ3) is 6.19. The van der Waals surface area contributed by atoms with Gasteiger partial charge in [0, 0.05) is 25.2 Å². The van der Waals surface area contributed by atoms with Gasteiger partial charge in [0.05, 0.1) is 24.2 Å². The Bertz CT molecular complexity index is 1460. The number of hydrogen-bond donors (Lipinski definition) is 3. The van der Waals surface area contributed by atoms with Crippen LogP contribution >= 0.6 is 0 Å². The topological polar surface area (TPSA) is 144 Å². The number of amides is 2. The Labute approximate surface area is 246 Å². The third-order valence-electron chi connectivity index (χ3n) is 8.52. The van der Waals surface area contributed by atoms with E-state index in [0.29, 0.717) is 81.8 Å².